The lowest BCUT2D eigenvalue weighted by Gasteiger charge is -2.11. The smallest absolute Gasteiger partial charge is 0.138 e. The van der Waals surface area contributed by atoms with Crippen LogP contribution in [0.25, 0.3) is 10.9 Å². The van der Waals surface area contributed by atoms with Crippen molar-refractivity contribution in [3.05, 3.63) is 47.8 Å². The molecule has 0 amide bonds. The number of pyridine rings is 1. The Labute approximate surface area is 127 Å². The summed E-state index contributed by atoms with van der Waals surface area (Å²) >= 11 is 5.13. The maximum absolute atomic E-state index is 5.82. The summed E-state index contributed by atoms with van der Waals surface area (Å²) in [5.74, 6) is 0.788. The van der Waals surface area contributed by atoms with Gasteiger partial charge in [0.05, 0.1) is 16.8 Å². The molecule has 6 heteroatoms. The number of hydrogen-bond donors (Lipinski definition) is 2. The fourth-order valence-electron chi connectivity index (χ4n) is 2.44. The Bertz CT molecular complexity index is 832. The van der Waals surface area contributed by atoms with Gasteiger partial charge < -0.3 is 11.1 Å². The minimum Gasteiger partial charge on any atom is -0.389 e. The van der Waals surface area contributed by atoms with Crippen LogP contribution in [-0.4, -0.2) is 19.8 Å². The highest BCUT2D eigenvalue weighted by Crippen LogP contribution is 2.28. The number of aromatic nitrogens is 3. The van der Waals surface area contributed by atoms with Gasteiger partial charge in [0.1, 0.15) is 10.8 Å². The number of nitrogens with two attached hydrogens (primary N) is 1. The Hall–Kier alpha value is -2.47. The number of hydrogen-bond acceptors (Lipinski definition) is 4. The molecule has 21 heavy (non-hydrogen) atoms. The van der Waals surface area contributed by atoms with Gasteiger partial charge in [0.2, 0.25) is 0 Å². The number of aryl methyl sites for hydroxylation is 2. The van der Waals surface area contributed by atoms with Crippen molar-refractivity contribution in [2.45, 2.75) is 6.92 Å². The molecule has 0 bridgehead atoms. The maximum Gasteiger partial charge on any atom is 0.138 e. The van der Waals surface area contributed by atoms with E-state index >= 15 is 0 Å². The van der Waals surface area contributed by atoms with E-state index in [1.54, 1.807) is 10.9 Å². The molecule has 0 aliphatic carbocycles. The van der Waals surface area contributed by atoms with Gasteiger partial charge in [-0.15, -0.1) is 0 Å². The van der Waals surface area contributed by atoms with Crippen LogP contribution < -0.4 is 11.1 Å². The lowest BCUT2D eigenvalue weighted by molar-refractivity contribution is 0.765. The highest BCUT2D eigenvalue weighted by molar-refractivity contribution is 7.80. The summed E-state index contributed by atoms with van der Waals surface area (Å²) in [5, 5.41) is 8.79. The molecule has 0 unspecified atom stereocenters. The van der Waals surface area contributed by atoms with E-state index in [1.807, 2.05) is 44.3 Å². The minimum atomic E-state index is 0.335. The molecular weight excluding hydrogens is 282 g/mol. The Morgan fingerprint density at radius 3 is 2.86 bits per heavy atom. The van der Waals surface area contributed by atoms with Crippen molar-refractivity contribution in [3.8, 4) is 0 Å². The molecule has 2 heterocycles. The molecule has 0 saturated carbocycles. The maximum atomic E-state index is 5.82. The van der Waals surface area contributed by atoms with E-state index in [0.29, 0.717) is 4.99 Å². The van der Waals surface area contributed by atoms with E-state index in [9.17, 15) is 0 Å². The molecule has 2 aromatic heterocycles. The fourth-order valence-corrected chi connectivity index (χ4v) is 2.68. The molecule has 0 spiro atoms. The lowest BCUT2D eigenvalue weighted by Crippen LogP contribution is -2.13. The van der Waals surface area contributed by atoms with Crippen LogP contribution in [0.5, 0.6) is 0 Å². The summed E-state index contributed by atoms with van der Waals surface area (Å²) in [6.45, 7) is 1.89. The number of benzene rings is 1. The summed E-state index contributed by atoms with van der Waals surface area (Å²) in [5.41, 5.74) is 9.28. The highest BCUT2D eigenvalue weighted by Gasteiger charge is 2.16. The molecule has 0 radical (unpaired) electrons. The van der Waals surface area contributed by atoms with Crippen molar-refractivity contribution < 1.29 is 0 Å². The van der Waals surface area contributed by atoms with Crippen LogP contribution >= 0.6 is 12.2 Å². The highest BCUT2D eigenvalue weighted by atomic mass is 32.1. The molecule has 0 atom stereocenters. The first-order chi connectivity index (χ1) is 10.1. The molecule has 0 aliphatic rings. The Morgan fingerprint density at radius 1 is 1.29 bits per heavy atom. The van der Waals surface area contributed by atoms with Crippen LogP contribution in [0.4, 0.5) is 11.5 Å². The van der Waals surface area contributed by atoms with Gasteiger partial charge in [-0.3, -0.25) is 9.67 Å². The van der Waals surface area contributed by atoms with Crippen molar-refractivity contribution in [1.29, 1.82) is 0 Å². The molecule has 0 saturated heterocycles. The molecule has 3 aromatic rings. The molecule has 5 nitrogen and oxygen atoms in total. The van der Waals surface area contributed by atoms with Gasteiger partial charge in [-0.1, -0.05) is 18.3 Å². The van der Waals surface area contributed by atoms with Gasteiger partial charge in [0.25, 0.3) is 0 Å². The van der Waals surface area contributed by atoms with E-state index in [2.05, 4.69) is 15.4 Å². The molecule has 0 fully saturated rings. The summed E-state index contributed by atoms with van der Waals surface area (Å²) in [4.78, 5) is 4.69. The Kier molecular flexibility index (Phi) is 3.31. The van der Waals surface area contributed by atoms with Crippen molar-refractivity contribution in [3.63, 3.8) is 0 Å². The molecule has 1 aromatic carbocycles. The van der Waals surface area contributed by atoms with Crippen LogP contribution in [-0.2, 0) is 7.05 Å². The first kappa shape index (κ1) is 13.5. The number of anilines is 2. The first-order valence-corrected chi connectivity index (χ1v) is 6.93. The second-order valence-electron chi connectivity index (χ2n) is 4.80. The van der Waals surface area contributed by atoms with Gasteiger partial charge in [-0.25, -0.2) is 0 Å². The van der Waals surface area contributed by atoms with Crippen LogP contribution in [0.2, 0.25) is 0 Å². The van der Waals surface area contributed by atoms with Crippen molar-refractivity contribution >= 4 is 39.6 Å². The third kappa shape index (κ3) is 2.34. The van der Waals surface area contributed by atoms with Gasteiger partial charge in [-0.05, 0) is 31.2 Å². The van der Waals surface area contributed by atoms with E-state index in [-0.39, 0.29) is 0 Å². The summed E-state index contributed by atoms with van der Waals surface area (Å²) in [7, 11) is 1.86. The second-order valence-corrected chi connectivity index (χ2v) is 5.24. The molecular formula is C15H15N5S. The Balaban J connectivity index is 2.14. The van der Waals surface area contributed by atoms with Gasteiger partial charge >= 0.3 is 0 Å². The predicted octanol–water partition coefficient (Wildman–Crippen LogP) is 2.65. The topological polar surface area (TPSA) is 68.8 Å². The zero-order valence-electron chi connectivity index (χ0n) is 11.8. The second kappa shape index (κ2) is 5.14. The first-order valence-electron chi connectivity index (χ1n) is 6.52. The number of nitrogens with zero attached hydrogens (tertiary/aromatic N) is 3. The standard InChI is InChI=1S/C15H15N5S/c1-9-13(14(16)21)15(20(2)19-9)18-12-7-3-6-11-10(12)5-4-8-17-11/h3-8,18H,1-2H3,(H2,16,21). The number of nitrogens with one attached hydrogen (secondary N) is 1. The SMILES string of the molecule is Cc1nn(C)c(Nc2cccc3ncccc23)c1C(N)=S. The van der Waals surface area contributed by atoms with Gasteiger partial charge in [0, 0.05) is 24.3 Å². The molecule has 3 rings (SSSR count). The summed E-state index contributed by atoms with van der Waals surface area (Å²) in [6.07, 6.45) is 1.78. The van der Waals surface area contributed by atoms with Crippen molar-refractivity contribution in [2.24, 2.45) is 12.8 Å². The number of fused-ring (bicyclic) bond motifs is 1. The van der Waals surface area contributed by atoms with Crippen molar-refractivity contribution in [2.75, 3.05) is 5.32 Å². The molecule has 3 N–H and O–H groups in total. The van der Waals surface area contributed by atoms with E-state index in [0.717, 1.165) is 33.7 Å². The van der Waals surface area contributed by atoms with Crippen LogP contribution in [0, 0.1) is 6.92 Å². The third-order valence-electron chi connectivity index (χ3n) is 3.37. The molecule has 106 valence electrons. The fraction of sp³-hybridized carbons (Fsp3) is 0.133. The van der Waals surface area contributed by atoms with Crippen LogP contribution in [0.15, 0.2) is 36.5 Å². The monoisotopic (exact) mass is 297 g/mol. The zero-order chi connectivity index (χ0) is 15.0. The zero-order valence-corrected chi connectivity index (χ0v) is 12.6. The third-order valence-corrected chi connectivity index (χ3v) is 3.57. The normalized spacial score (nSPS) is 10.8. The summed E-state index contributed by atoms with van der Waals surface area (Å²) < 4.78 is 1.75. The number of thiocarbonyl (C=S) groups is 1. The average Bonchev–Trinajstić information content (AvgIpc) is 2.73. The van der Waals surface area contributed by atoms with Gasteiger partial charge in [-0.2, -0.15) is 5.10 Å². The summed E-state index contributed by atoms with van der Waals surface area (Å²) in [6, 6.07) is 9.87. The van der Waals surface area contributed by atoms with E-state index < -0.39 is 0 Å². The largest absolute Gasteiger partial charge is 0.389 e. The van der Waals surface area contributed by atoms with E-state index in [1.165, 1.54) is 0 Å². The minimum absolute atomic E-state index is 0.335. The van der Waals surface area contributed by atoms with Crippen LogP contribution in [0.3, 0.4) is 0 Å². The Morgan fingerprint density at radius 2 is 2.10 bits per heavy atom. The van der Waals surface area contributed by atoms with E-state index in [4.69, 9.17) is 18.0 Å². The average molecular weight is 297 g/mol. The quantitative estimate of drug-likeness (QED) is 0.727. The molecule has 0 aliphatic heterocycles. The predicted molar refractivity (Wildman–Crippen MR) is 88.9 cm³/mol. The van der Waals surface area contributed by atoms with Crippen LogP contribution in [0.1, 0.15) is 11.3 Å². The van der Waals surface area contributed by atoms with Gasteiger partial charge in [0.15, 0.2) is 0 Å². The van der Waals surface area contributed by atoms with Crippen molar-refractivity contribution in [1.82, 2.24) is 14.8 Å². The number of rotatable bonds is 3. The lowest BCUT2D eigenvalue weighted by atomic mass is 10.1.